The van der Waals surface area contributed by atoms with Crippen molar-refractivity contribution in [3.63, 3.8) is 0 Å². The van der Waals surface area contributed by atoms with Crippen LogP contribution in [0.3, 0.4) is 0 Å². The lowest BCUT2D eigenvalue weighted by Gasteiger charge is -2.14. The first-order valence-corrected chi connectivity index (χ1v) is 8.13. The van der Waals surface area contributed by atoms with E-state index in [1.807, 2.05) is 0 Å². The van der Waals surface area contributed by atoms with Gasteiger partial charge in [-0.15, -0.1) is 11.3 Å². The molecule has 1 aromatic heterocycles. The Balaban J connectivity index is 2.76. The molecule has 1 heterocycles. The molecule has 0 bridgehead atoms. The summed E-state index contributed by atoms with van der Waals surface area (Å²) < 4.78 is 99.1. The Labute approximate surface area is 130 Å². The minimum Gasteiger partial charge on any atom is -0.224 e. The predicted octanol–water partition coefficient (Wildman–Crippen LogP) is 4.10. The van der Waals surface area contributed by atoms with Crippen LogP contribution in [-0.2, 0) is 22.4 Å². The van der Waals surface area contributed by atoms with E-state index >= 15 is 0 Å². The van der Waals surface area contributed by atoms with Gasteiger partial charge in [0.25, 0.3) is 0 Å². The maximum atomic E-state index is 12.8. The Bertz CT molecular complexity index is 804. The molecule has 0 aliphatic rings. The van der Waals surface area contributed by atoms with Gasteiger partial charge < -0.3 is 0 Å². The number of primary sulfonamides is 1. The highest BCUT2D eigenvalue weighted by Crippen LogP contribution is 2.40. The van der Waals surface area contributed by atoms with Crippen LogP contribution >= 0.6 is 11.3 Å². The highest BCUT2D eigenvalue weighted by atomic mass is 32.2. The zero-order chi connectivity index (χ0) is 17.6. The van der Waals surface area contributed by atoms with Gasteiger partial charge in [0.05, 0.1) is 11.1 Å². The van der Waals surface area contributed by atoms with Crippen molar-refractivity contribution in [2.75, 3.05) is 0 Å². The van der Waals surface area contributed by atoms with E-state index in [0.717, 1.165) is 6.07 Å². The smallest absolute Gasteiger partial charge is 0.224 e. The van der Waals surface area contributed by atoms with Gasteiger partial charge in [-0.05, 0) is 35.2 Å². The molecule has 2 rings (SSSR count). The van der Waals surface area contributed by atoms with Crippen LogP contribution in [0.4, 0.5) is 26.3 Å². The lowest BCUT2D eigenvalue weighted by Crippen LogP contribution is -2.13. The quantitative estimate of drug-likeness (QED) is 0.804. The molecule has 1 aromatic carbocycles. The number of halogens is 6. The molecule has 2 N–H and O–H groups in total. The molecule has 0 radical (unpaired) electrons. The summed E-state index contributed by atoms with van der Waals surface area (Å²) in [4.78, 5) is 0. The Kier molecular flexibility index (Phi) is 4.24. The molecule has 0 amide bonds. The van der Waals surface area contributed by atoms with Gasteiger partial charge in [-0.25, -0.2) is 13.6 Å². The summed E-state index contributed by atoms with van der Waals surface area (Å²) in [5.41, 5.74) is -3.91. The van der Waals surface area contributed by atoms with Crippen molar-refractivity contribution in [2.45, 2.75) is 16.6 Å². The Morgan fingerprint density at radius 3 is 1.78 bits per heavy atom. The van der Waals surface area contributed by atoms with E-state index in [2.05, 4.69) is 0 Å². The van der Waals surface area contributed by atoms with Crippen LogP contribution in [0.15, 0.2) is 33.9 Å². The third kappa shape index (κ3) is 3.85. The number of rotatable bonds is 2. The standard InChI is InChI=1S/C12H7F6NO2S2/c13-11(14,15)7-3-6(4-8(5-7)12(16,17)18)9-1-2-22-10(9)23(19,20)21/h1-5H,(H2,19,20,21). The van der Waals surface area contributed by atoms with Crippen LogP contribution in [-0.4, -0.2) is 8.42 Å². The summed E-state index contributed by atoms with van der Waals surface area (Å²) in [5.74, 6) is 0. The fourth-order valence-corrected chi connectivity index (χ4v) is 3.68. The molecular weight excluding hydrogens is 368 g/mol. The minimum absolute atomic E-state index is 0.0352. The van der Waals surface area contributed by atoms with E-state index in [-0.39, 0.29) is 11.6 Å². The van der Waals surface area contributed by atoms with Crippen LogP contribution in [0.2, 0.25) is 0 Å². The fraction of sp³-hybridized carbons (Fsp3) is 0.167. The van der Waals surface area contributed by atoms with Crippen molar-refractivity contribution in [1.82, 2.24) is 0 Å². The summed E-state index contributed by atoms with van der Waals surface area (Å²) in [7, 11) is -4.28. The van der Waals surface area contributed by atoms with E-state index in [4.69, 9.17) is 5.14 Å². The van der Waals surface area contributed by atoms with Gasteiger partial charge in [-0.3, -0.25) is 0 Å². The van der Waals surface area contributed by atoms with Gasteiger partial charge in [0, 0.05) is 5.56 Å². The first-order chi connectivity index (χ1) is 10.3. The number of alkyl halides is 6. The molecule has 0 spiro atoms. The van der Waals surface area contributed by atoms with Gasteiger partial charge in [-0.1, -0.05) is 0 Å². The average Bonchev–Trinajstić information content (AvgIpc) is 2.85. The van der Waals surface area contributed by atoms with Gasteiger partial charge in [0.2, 0.25) is 10.0 Å². The van der Waals surface area contributed by atoms with Gasteiger partial charge >= 0.3 is 12.4 Å². The minimum atomic E-state index is -5.02. The van der Waals surface area contributed by atoms with E-state index in [0.29, 0.717) is 23.5 Å². The number of hydrogen-bond donors (Lipinski definition) is 1. The number of sulfonamides is 1. The van der Waals surface area contributed by atoms with E-state index in [1.165, 1.54) is 5.38 Å². The molecule has 0 aliphatic carbocycles. The van der Waals surface area contributed by atoms with Crippen molar-refractivity contribution >= 4 is 21.4 Å². The molecule has 3 nitrogen and oxygen atoms in total. The van der Waals surface area contributed by atoms with E-state index < -0.39 is 43.3 Å². The molecule has 126 valence electrons. The highest BCUT2D eigenvalue weighted by Gasteiger charge is 2.37. The normalized spacial score (nSPS) is 13.3. The molecule has 23 heavy (non-hydrogen) atoms. The SMILES string of the molecule is NS(=O)(=O)c1sccc1-c1cc(C(F)(F)F)cc(C(F)(F)F)c1. The van der Waals surface area contributed by atoms with Crippen LogP contribution in [0.25, 0.3) is 11.1 Å². The van der Waals surface area contributed by atoms with Gasteiger partial charge in [0.15, 0.2) is 0 Å². The van der Waals surface area contributed by atoms with Crippen LogP contribution in [0.1, 0.15) is 11.1 Å². The molecule has 0 saturated heterocycles. The van der Waals surface area contributed by atoms with Crippen molar-refractivity contribution in [3.05, 3.63) is 40.8 Å². The first-order valence-electron chi connectivity index (χ1n) is 5.70. The van der Waals surface area contributed by atoms with Crippen LogP contribution < -0.4 is 5.14 Å². The average molecular weight is 375 g/mol. The zero-order valence-corrected chi connectivity index (χ0v) is 12.5. The number of benzene rings is 1. The summed E-state index contributed by atoms with van der Waals surface area (Å²) in [5, 5.41) is 6.14. The highest BCUT2D eigenvalue weighted by molar-refractivity contribution is 7.91. The van der Waals surface area contributed by atoms with E-state index in [9.17, 15) is 34.8 Å². The first kappa shape index (κ1) is 17.8. The maximum Gasteiger partial charge on any atom is 0.416 e. The molecule has 0 saturated carbocycles. The maximum absolute atomic E-state index is 12.8. The van der Waals surface area contributed by atoms with Crippen LogP contribution in [0, 0.1) is 0 Å². The van der Waals surface area contributed by atoms with Crippen molar-refractivity contribution in [2.24, 2.45) is 5.14 Å². The third-order valence-electron chi connectivity index (χ3n) is 2.79. The molecule has 11 heteroatoms. The molecular formula is C12H7F6NO2S2. The molecule has 2 aromatic rings. The van der Waals surface area contributed by atoms with E-state index in [1.54, 1.807) is 0 Å². The predicted molar refractivity (Wildman–Crippen MR) is 71.1 cm³/mol. The number of nitrogens with two attached hydrogens (primary N) is 1. The lowest BCUT2D eigenvalue weighted by atomic mass is 10.0. The van der Waals surface area contributed by atoms with Crippen LogP contribution in [0.5, 0.6) is 0 Å². The lowest BCUT2D eigenvalue weighted by molar-refractivity contribution is -0.143. The molecule has 0 unspecified atom stereocenters. The second kappa shape index (κ2) is 5.49. The van der Waals surface area contributed by atoms with Crippen molar-refractivity contribution in [1.29, 1.82) is 0 Å². The van der Waals surface area contributed by atoms with Gasteiger partial charge in [-0.2, -0.15) is 26.3 Å². The zero-order valence-electron chi connectivity index (χ0n) is 10.9. The second-order valence-electron chi connectivity index (χ2n) is 4.46. The van der Waals surface area contributed by atoms with Crippen molar-refractivity contribution < 1.29 is 34.8 Å². The summed E-state index contributed by atoms with van der Waals surface area (Å²) >= 11 is 0.603. The molecule has 0 aliphatic heterocycles. The van der Waals surface area contributed by atoms with Gasteiger partial charge in [0.1, 0.15) is 4.21 Å². The Morgan fingerprint density at radius 1 is 0.913 bits per heavy atom. The molecule has 0 fully saturated rings. The Hall–Kier alpha value is -1.59. The van der Waals surface area contributed by atoms with Crippen molar-refractivity contribution in [3.8, 4) is 11.1 Å². The molecule has 0 atom stereocenters. The summed E-state index contributed by atoms with van der Waals surface area (Å²) in [6.45, 7) is 0. The fourth-order valence-electron chi connectivity index (χ4n) is 1.84. The largest absolute Gasteiger partial charge is 0.416 e. The monoisotopic (exact) mass is 375 g/mol. The second-order valence-corrected chi connectivity index (χ2v) is 7.13. The summed E-state index contributed by atoms with van der Waals surface area (Å²) in [6, 6.07) is 1.96. The number of thiophene rings is 1. The topological polar surface area (TPSA) is 60.2 Å². The number of hydrogen-bond acceptors (Lipinski definition) is 3. The third-order valence-corrected chi connectivity index (χ3v) is 5.22. The summed E-state index contributed by atoms with van der Waals surface area (Å²) in [6.07, 6.45) is -10.0. The Morgan fingerprint density at radius 2 is 1.39 bits per heavy atom.